The van der Waals surface area contributed by atoms with Gasteiger partial charge in [-0.15, -0.1) is 0 Å². The first kappa shape index (κ1) is 24.7. The van der Waals surface area contributed by atoms with E-state index in [1.165, 1.54) is 12.1 Å². The van der Waals surface area contributed by atoms with Crippen LogP contribution in [0.1, 0.15) is 31.9 Å². The average Bonchev–Trinajstić information content (AvgIpc) is 2.74. The third-order valence-corrected chi connectivity index (χ3v) is 5.94. The highest BCUT2D eigenvalue weighted by Crippen LogP contribution is 2.28. The van der Waals surface area contributed by atoms with Crippen molar-refractivity contribution in [2.45, 2.75) is 44.2 Å². The summed E-state index contributed by atoms with van der Waals surface area (Å²) in [4.78, 5) is 12.3. The molecule has 7 nitrogen and oxygen atoms in total. The third-order valence-electron chi connectivity index (χ3n) is 5.01. The molecule has 1 amide bonds. The van der Waals surface area contributed by atoms with Gasteiger partial charge in [0.05, 0.1) is 4.90 Å². The van der Waals surface area contributed by atoms with Gasteiger partial charge in [-0.3, -0.25) is 4.79 Å². The van der Waals surface area contributed by atoms with Crippen LogP contribution in [-0.4, -0.2) is 33.0 Å². The number of benzene rings is 3. The van der Waals surface area contributed by atoms with E-state index in [0.29, 0.717) is 18.8 Å². The number of carbonyl (C=O) groups excluding carboxylic acids is 1. The highest BCUT2D eigenvalue weighted by molar-refractivity contribution is 7.89. The van der Waals surface area contributed by atoms with Gasteiger partial charge in [0.1, 0.15) is 5.75 Å². The predicted octanol–water partition coefficient (Wildman–Crippen LogP) is 3.11. The summed E-state index contributed by atoms with van der Waals surface area (Å²) in [6, 6.07) is 18.5. The molecule has 0 aromatic heterocycles. The van der Waals surface area contributed by atoms with Gasteiger partial charge in [0.2, 0.25) is 10.0 Å². The zero-order chi connectivity index (χ0) is 24.1. The van der Waals surface area contributed by atoms with Crippen molar-refractivity contribution < 1.29 is 17.9 Å². The van der Waals surface area contributed by atoms with Gasteiger partial charge in [-0.1, -0.05) is 42.5 Å². The molecule has 0 heterocycles. The molecule has 33 heavy (non-hydrogen) atoms. The van der Waals surface area contributed by atoms with Crippen molar-refractivity contribution in [2.24, 2.45) is 5.14 Å². The topological polar surface area (TPSA) is 111 Å². The Balaban J connectivity index is 1.66. The SMILES string of the molecule is CC(C)(C)NC(=O)COc1ccc2ccccc2c1CNCCc1ccc(S(N)(=O)=O)cc1. The van der Waals surface area contributed by atoms with Crippen LogP contribution in [0.3, 0.4) is 0 Å². The zero-order valence-electron chi connectivity index (χ0n) is 19.2. The van der Waals surface area contributed by atoms with Crippen molar-refractivity contribution in [2.75, 3.05) is 13.2 Å². The summed E-state index contributed by atoms with van der Waals surface area (Å²) in [5.41, 5.74) is 1.67. The van der Waals surface area contributed by atoms with E-state index in [-0.39, 0.29) is 22.9 Å². The molecule has 0 fully saturated rings. The Hall–Kier alpha value is -2.94. The Morgan fingerprint density at radius 1 is 1.00 bits per heavy atom. The predicted molar refractivity (Wildman–Crippen MR) is 131 cm³/mol. The highest BCUT2D eigenvalue weighted by atomic mass is 32.2. The van der Waals surface area contributed by atoms with E-state index < -0.39 is 10.0 Å². The zero-order valence-corrected chi connectivity index (χ0v) is 20.0. The number of fused-ring (bicyclic) bond motifs is 1. The quantitative estimate of drug-likeness (QED) is 0.417. The van der Waals surface area contributed by atoms with Crippen molar-refractivity contribution in [3.8, 4) is 5.75 Å². The fourth-order valence-electron chi connectivity index (χ4n) is 3.52. The van der Waals surface area contributed by atoms with Gasteiger partial charge in [0.15, 0.2) is 6.61 Å². The molecule has 3 rings (SSSR count). The van der Waals surface area contributed by atoms with Crippen LogP contribution in [0, 0.1) is 0 Å². The number of nitrogens with two attached hydrogens (primary N) is 1. The lowest BCUT2D eigenvalue weighted by Crippen LogP contribution is -2.43. The first-order valence-corrected chi connectivity index (χ1v) is 12.3. The Morgan fingerprint density at radius 2 is 1.70 bits per heavy atom. The molecular weight excluding hydrogens is 438 g/mol. The minimum Gasteiger partial charge on any atom is -0.483 e. The van der Waals surface area contributed by atoms with E-state index in [1.54, 1.807) is 12.1 Å². The molecule has 0 spiro atoms. The number of ether oxygens (including phenoxy) is 1. The summed E-state index contributed by atoms with van der Waals surface area (Å²) < 4.78 is 28.7. The van der Waals surface area contributed by atoms with E-state index >= 15 is 0 Å². The number of amides is 1. The van der Waals surface area contributed by atoms with Crippen molar-refractivity contribution in [1.29, 1.82) is 0 Å². The number of rotatable bonds is 9. The van der Waals surface area contributed by atoms with Gasteiger partial charge in [0, 0.05) is 17.6 Å². The number of carbonyl (C=O) groups is 1. The van der Waals surface area contributed by atoms with E-state index in [4.69, 9.17) is 9.88 Å². The number of sulfonamides is 1. The average molecular weight is 470 g/mol. The molecule has 0 bridgehead atoms. The number of primary sulfonamides is 1. The number of nitrogens with one attached hydrogen (secondary N) is 2. The van der Waals surface area contributed by atoms with Crippen LogP contribution in [0.15, 0.2) is 65.6 Å². The van der Waals surface area contributed by atoms with Gasteiger partial charge in [-0.2, -0.15) is 0 Å². The monoisotopic (exact) mass is 469 g/mol. The molecule has 0 saturated carbocycles. The van der Waals surface area contributed by atoms with Crippen LogP contribution >= 0.6 is 0 Å². The highest BCUT2D eigenvalue weighted by Gasteiger charge is 2.15. The van der Waals surface area contributed by atoms with Crippen molar-refractivity contribution >= 4 is 26.7 Å². The standard InChI is InChI=1S/C25H31N3O4S/c1-25(2,3)28-24(29)17-32-23-13-10-19-6-4-5-7-21(19)22(23)16-27-15-14-18-8-11-20(12-9-18)33(26,30)31/h4-13,27H,14-17H2,1-3H3,(H,28,29)(H2,26,30,31). The minimum absolute atomic E-state index is 0.0565. The maximum atomic E-state index is 12.2. The number of hydrogen-bond donors (Lipinski definition) is 3. The smallest absolute Gasteiger partial charge is 0.258 e. The lowest BCUT2D eigenvalue weighted by atomic mass is 10.0. The van der Waals surface area contributed by atoms with E-state index in [9.17, 15) is 13.2 Å². The van der Waals surface area contributed by atoms with Gasteiger partial charge < -0.3 is 15.4 Å². The largest absolute Gasteiger partial charge is 0.483 e. The maximum absolute atomic E-state index is 12.2. The molecule has 8 heteroatoms. The van der Waals surface area contributed by atoms with Gasteiger partial charge in [0.25, 0.3) is 5.91 Å². The second-order valence-corrected chi connectivity index (χ2v) is 10.5. The first-order valence-electron chi connectivity index (χ1n) is 10.8. The minimum atomic E-state index is -3.69. The molecule has 0 aliphatic heterocycles. The van der Waals surface area contributed by atoms with Gasteiger partial charge >= 0.3 is 0 Å². The van der Waals surface area contributed by atoms with Crippen LogP contribution in [0.2, 0.25) is 0 Å². The van der Waals surface area contributed by atoms with E-state index in [1.807, 2.05) is 57.2 Å². The molecule has 3 aromatic carbocycles. The van der Waals surface area contributed by atoms with Gasteiger partial charge in [-0.05, 0) is 68.3 Å². The molecule has 176 valence electrons. The van der Waals surface area contributed by atoms with Gasteiger partial charge in [-0.25, -0.2) is 13.6 Å². The summed E-state index contributed by atoms with van der Waals surface area (Å²) in [7, 11) is -3.69. The third kappa shape index (κ3) is 7.28. The molecule has 0 aliphatic rings. The molecule has 0 saturated heterocycles. The lowest BCUT2D eigenvalue weighted by Gasteiger charge is -2.21. The van der Waals surface area contributed by atoms with Crippen LogP contribution < -0.4 is 20.5 Å². The van der Waals surface area contributed by atoms with Crippen LogP contribution in [-0.2, 0) is 27.8 Å². The Bertz CT molecular complexity index is 1220. The summed E-state index contributed by atoms with van der Waals surface area (Å²) >= 11 is 0. The lowest BCUT2D eigenvalue weighted by molar-refractivity contribution is -0.124. The maximum Gasteiger partial charge on any atom is 0.258 e. The molecular formula is C25H31N3O4S. The van der Waals surface area contributed by atoms with Crippen LogP contribution in [0.25, 0.3) is 10.8 Å². The molecule has 0 unspecified atom stereocenters. The molecule has 0 aliphatic carbocycles. The number of hydrogen-bond acceptors (Lipinski definition) is 5. The fraction of sp³-hybridized carbons (Fsp3) is 0.320. The first-order chi connectivity index (χ1) is 15.5. The van der Waals surface area contributed by atoms with Crippen LogP contribution in [0.5, 0.6) is 5.75 Å². The second kappa shape index (κ2) is 10.3. The Kier molecular flexibility index (Phi) is 7.73. The Morgan fingerprint density at radius 3 is 2.36 bits per heavy atom. The summed E-state index contributed by atoms with van der Waals surface area (Å²) in [5, 5.41) is 13.6. The summed E-state index contributed by atoms with van der Waals surface area (Å²) in [6.45, 7) is 6.98. The van der Waals surface area contributed by atoms with Crippen LogP contribution in [0.4, 0.5) is 0 Å². The second-order valence-electron chi connectivity index (χ2n) is 8.97. The van der Waals surface area contributed by atoms with Crippen molar-refractivity contribution in [3.63, 3.8) is 0 Å². The summed E-state index contributed by atoms with van der Waals surface area (Å²) in [5.74, 6) is 0.500. The molecule has 3 aromatic rings. The van der Waals surface area contributed by atoms with E-state index in [0.717, 1.165) is 28.3 Å². The molecule has 0 atom stereocenters. The summed E-state index contributed by atoms with van der Waals surface area (Å²) in [6.07, 6.45) is 0.722. The van der Waals surface area contributed by atoms with Crippen molar-refractivity contribution in [3.05, 3.63) is 71.8 Å². The fourth-order valence-corrected chi connectivity index (χ4v) is 4.04. The van der Waals surface area contributed by atoms with Crippen molar-refractivity contribution in [1.82, 2.24) is 10.6 Å². The Labute approximate surface area is 195 Å². The molecule has 0 radical (unpaired) electrons. The normalized spacial score (nSPS) is 12.0. The van der Waals surface area contributed by atoms with E-state index in [2.05, 4.69) is 10.6 Å². The molecule has 4 N–H and O–H groups in total.